The van der Waals surface area contributed by atoms with Crippen molar-refractivity contribution < 1.29 is 5.21 Å². The van der Waals surface area contributed by atoms with Crippen molar-refractivity contribution in [2.45, 2.75) is 32.1 Å². The molecule has 6 heteroatoms. The van der Waals surface area contributed by atoms with E-state index in [0.717, 1.165) is 28.4 Å². The molecule has 5 nitrogen and oxygen atoms in total. The quantitative estimate of drug-likeness (QED) is 0.299. The SMILES string of the molecule is CCc1c(C)nn(-c2cccc(SC)c2/C(N)=N/O)c1C. The van der Waals surface area contributed by atoms with Crippen LogP contribution in [0.15, 0.2) is 28.3 Å². The lowest BCUT2D eigenvalue weighted by Crippen LogP contribution is -2.18. The summed E-state index contributed by atoms with van der Waals surface area (Å²) in [5, 5.41) is 16.9. The van der Waals surface area contributed by atoms with Crippen LogP contribution in [-0.2, 0) is 6.42 Å². The van der Waals surface area contributed by atoms with E-state index in [4.69, 9.17) is 10.9 Å². The molecular formula is C15H20N4OS. The number of oxime groups is 1. The Labute approximate surface area is 128 Å². The molecule has 0 aliphatic heterocycles. The van der Waals surface area contributed by atoms with E-state index in [0.29, 0.717) is 5.56 Å². The molecule has 0 atom stereocenters. The molecule has 0 saturated heterocycles. The third-order valence-electron chi connectivity index (χ3n) is 3.61. The van der Waals surface area contributed by atoms with Crippen LogP contribution in [-0.4, -0.2) is 27.1 Å². The Balaban J connectivity index is 2.75. The van der Waals surface area contributed by atoms with Gasteiger partial charge in [0.2, 0.25) is 0 Å². The van der Waals surface area contributed by atoms with Crippen LogP contribution in [0.5, 0.6) is 0 Å². The van der Waals surface area contributed by atoms with Gasteiger partial charge in [-0.2, -0.15) is 5.10 Å². The van der Waals surface area contributed by atoms with E-state index >= 15 is 0 Å². The van der Waals surface area contributed by atoms with Gasteiger partial charge in [0.05, 0.1) is 16.9 Å². The van der Waals surface area contributed by atoms with Crippen molar-refractivity contribution in [3.8, 4) is 5.69 Å². The fourth-order valence-corrected chi connectivity index (χ4v) is 3.22. The van der Waals surface area contributed by atoms with Gasteiger partial charge in [-0.1, -0.05) is 18.1 Å². The van der Waals surface area contributed by atoms with Crippen molar-refractivity contribution in [3.63, 3.8) is 0 Å². The maximum Gasteiger partial charge on any atom is 0.173 e. The van der Waals surface area contributed by atoms with E-state index < -0.39 is 0 Å². The van der Waals surface area contributed by atoms with Crippen molar-refractivity contribution in [1.82, 2.24) is 9.78 Å². The fourth-order valence-electron chi connectivity index (χ4n) is 2.59. The van der Waals surface area contributed by atoms with E-state index in [9.17, 15) is 0 Å². The molecule has 112 valence electrons. The largest absolute Gasteiger partial charge is 0.409 e. The molecule has 0 aliphatic carbocycles. The lowest BCUT2D eigenvalue weighted by molar-refractivity contribution is 0.318. The van der Waals surface area contributed by atoms with E-state index in [-0.39, 0.29) is 5.84 Å². The number of aryl methyl sites for hydroxylation is 1. The van der Waals surface area contributed by atoms with Gasteiger partial charge in [0.1, 0.15) is 0 Å². The smallest absolute Gasteiger partial charge is 0.173 e. The summed E-state index contributed by atoms with van der Waals surface area (Å²) < 4.78 is 1.88. The van der Waals surface area contributed by atoms with Gasteiger partial charge >= 0.3 is 0 Å². The molecule has 2 aromatic rings. The number of nitrogens with zero attached hydrogens (tertiary/aromatic N) is 3. The zero-order valence-corrected chi connectivity index (χ0v) is 13.5. The van der Waals surface area contributed by atoms with Gasteiger partial charge in [0, 0.05) is 10.6 Å². The molecule has 0 spiro atoms. The van der Waals surface area contributed by atoms with Crippen LogP contribution in [0.4, 0.5) is 0 Å². The third-order valence-corrected chi connectivity index (χ3v) is 4.39. The first-order chi connectivity index (χ1) is 10.0. The number of thioether (sulfide) groups is 1. The molecule has 0 radical (unpaired) electrons. The summed E-state index contributed by atoms with van der Waals surface area (Å²) in [6.07, 6.45) is 2.89. The lowest BCUT2D eigenvalue weighted by atomic mass is 10.1. The number of amidine groups is 1. The van der Waals surface area contributed by atoms with E-state index in [1.54, 1.807) is 11.8 Å². The molecule has 0 unspecified atom stereocenters. The highest BCUT2D eigenvalue weighted by Gasteiger charge is 2.18. The number of aromatic nitrogens is 2. The third kappa shape index (κ3) is 2.63. The summed E-state index contributed by atoms with van der Waals surface area (Å²) in [4.78, 5) is 0.952. The summed E-state index contributed by atoms with van der Waals surface area (Å²) in [5.74, 6) is 0.0977. The van der Waals surface area contributed by atoms with Gasteiger partial charge in [0.25, 0.3) is 0 Å². The molecule has 21 heavy (non-hydrogen) atoms. The van der Waals surface area contributed by atoms with Crippen LogP contribution in [0.1, 0.15) is 29.4 Å². The van der Waals surface area contributed by atoms with Crippen molar-refractivity contribution in [2.75, 3.05) is 6.26 Å². The van der Waals surface area contributed by atoms with Crippen LogP contribution in [0, 0.1) is 13.8 Å². The number of rotatable bonds is 4. The Morgan fingerprint density at radius 3 is 2.67 bits per heavy atom. The van der Waals surface area contributed by atoms with Gasteiger partial charge in [-0.3, -0.25) is 0 Å². The summed E-state index contributed by atoms with van der Waals surface area (Å²) >= 11 is 1.56. The topological polar surface area (TPSA) is 76.4 Å². The predicted octanol–water partition coefficient (Wildman–Crippen LogP) is 2.87. The summed E-state index contributed by atoms with van der Waals surface area (Å²) in [7, 11) is 0. The second kappa shape index (κ2) is 6.22. The average Bonchev–Trinajstić information content (AvgIpc) is 2.79. The molecule has 1 aromatic heterocycles. The highest BCUT2D eigenvalue weighted by atomic mass is 32.2. The standard InChI is InChI=1S/C15H20N4OS/c1-5-11-9(2)17-19(10(11)3)12-7-6-8-13(21-4)14(12)15(16)18-20/h6-8,20H,5H2,1-4H3,(H2,16,18). The minimum absolute atomic E-state index is 0.0977. The first kappa shape index (κ1) is 15.4. The molecule has 0 bridgehead atoms. The maximum atomic E-state index is 9.08. The minimum atomic E-state index is 0.0977. The van der Waals surface area contributed by atoms with Crippen LogP contribution in [0.2, 0.25) is 0 Å². The molecule has 1 heterocycles. The molecule has 3 N–H and O–H groups in total. The Morgan fingerprint density at radius 1 is 1.43 bits per heavy atom. The summed E-state index contributed by atoms with van der Waals surface area (Å²) in [6, 6.07) is 5.84. The Kier molecular flexibility index (Phi) is 4.57. The summed E-state index contributed by atoms with van der Waals surface area (Å²) in [6.45, 7) is 6.16. The highest BCUT2D eigenvalue weighted by Crippen LogP contribution is 2.28. The monoisotopic (exact) mass is 304 g/mol. The first-order valence-corrected chi connectivity index (χ1v) is 7.97. The minimum Gasteiger partial charge on any atom is -0.409 e. The van der Waals surface area contributed by atoms with E-state index in [1.807, 2.05) is 43.0 Å². The van der Waals surface area contributed by atoms with Gasteiger partial charge in [-0.05, 0) is 44.2 Å². The van der Waals surface area contributed by atoms with Gasteiger partial charge < -0.3 is 10.9 Å². The van der Waals surface area contributed by atoms with E-state index in [1.165, 1.54) is 5.56 Å². The second-order valence-corrected chi connectivity index (χ2v) is 5.60. The van der Waals surface area contributed by atoms with Gasteiger partial charge in [0.15, 0.2) is 5.84 Å². The Morgan fingerprint density at radius 2 is 2.14 bits per heavy atom. The van der Waals surface area contributed by atoms with Crippen LogP contribution in [0.3, 0.4) is 0 Å². The summed E-state index contributed by atoms with van der Waals surface area (Å²) in [5.41, 5.74) is 10.7. The van der Waals surface area contributed by atoms with Crippen molar-refractivity contribution in [2.24, 2.45) is 10.9 Å². The molecule has 1 aromatic carbocycles. The molecule has 0 amide bonds. The number of benzene rings is 1. The molecule has 0 saturated carbocycles. The van der Waals surface area contributed by atoms with Gasteiger partial charge in [-0.15, -0.1) is 11.8 Å². The highest BCUT2D eigenvalue weighted by molar-refractivity contribution is 7.98. The van der Waals surface area contributed by atoms with Crippen molar-refractivity contribution in [3.05, 3.63) is 40.7 Å². The molecule has 2 rings (SSSR count). The second-order valence-electron chi connectivity index (χ2n) is 4.75. The number of hydrogen-bond donors (Lipinski definition) is 2. The van der Waals surface area contributed by atoms with Crippen LogP contribution >= 0.6 is 11.8 Å². The van der Waals surface area contributed by atoms with Crippen molar-refractivity contribution >= 4 is 17.6 Å². The fraction of sp³-hybridized carbons (Fsp3) is 0.333. The maximum absolute atomic E-state index is 9.08. The lowest BCUT2D eigenvalue weighted by Gasteiger charge is -2.13. The van der Waals surface area contributed by atoms with E-state index in [2.05, 4.69) is 17.2 Å². The number of nitrogens with two attached hydrogens (primary N) is 1. The van der Waals surface area contributed by atoms with Crippen molar-refractivity contribution in [1.29, 1.82) is 0 Å². The van der Waals surface area contributed by atoms with Gasteiger partial charge in [-0.25, -0.2) is 4.68 Å². The molecule has 0 fully saturated rings. The van der Waals surface area contributed by atoms with Crippen LogP contribution < -0.4 is 5.73 Å². The normalized spacial score (nSPS) is 11.9. The molecular weight excluding hydrogens is 284 g/mol. The average molecular weight is 304 g/mol. The zero-order chi connectivity index (χ0) is 15.6. The first-order valence-electron chi connectivity index (χ1n) is 6.75. The number of hydrogen-bond acceptors (Lipinski definition) is 4. The van der Waals surface area contributed by atoms with Crippen LogP contribution in [0.25, 0.3) is 5.69 Å². The molecule has 0 aliphatic rings. The predicted molar refractivity (Wildman–Crippen MR) is 86.7 cm³/mol. The zero-order valence-electron chi connectivity index (χ0n) is 12.7. The Hall–Kier alpha value is -1.95. The Bertz CT molecular complexity index is 691.